The fourth-order valence-corrected chi connectivity index (χ4v) is 4.67. The molecule has 0 aliphatic rings. The molecule has 2 rings (SSSR count). The zero-order valence-electron chi connectivity index (χ0n) is 19.6. The van der Waals surface area contributed by atoms with Crippen molar-refractivity contribution in [2.45, 2.75) is 123 Å². The van der Waals surface area contributed by atoms with Crippen molar-refractivity contribution in [3.8, 4) is 0 Å². The predicted octanol–water partition coefficient (Wildman–Crippen LogP) is 9.14. The zero-order chi connectivity index (χ0) is 21.3. The lowest BCUT2D eigenvalue weighted by Gasteiger charge is -2.11. The molecule has 30 heavy (non-hydrogen) atoms. The molecule has 0 bridgehead atoms. The fourth-order valence-electron chi connectivity index (χ4n) is 4.67. The summed E-state index contributed by atoms with van der Waals surface area (Å²) in [5.41, 5.74) is 2.47. The number of benzene rings is 2. The maximum atomic E-state index is 9.85. The number of fused-ring (bicyclic) bond motifs is 1. The van der Waals surface area contributed by atoms with Gasteiger partial charge in [0.2, 0.25) is 0 Å². The van der Waals surface area contributed by atoms with Crippen LogP contribution >= 0.6 is 0 Å². The smallest absolute Gasteiger partial charge is 0.0690 e. The summed E-state index contributed by atoms with van der Waals surface area (Å²) in [6.07, 6.45) is 23.6. The van der Waals surface area contributed by atoms with Crippen LogP contribution in [0, 0.1) is 0 Å². The summed E-state index contributed by atoms with van der Waals surface area (Å²) in [5, 5.41) is 12.3. The van der Waals surface area contributed by atoms with Crippen LogP contribution in [0.2, 0.25) is 0 Å². The van der Waals surface area contributed by atoms with Gasteiger partial charge in [0, 0.05) is 0 Å². The van der Waals surface area contributed by atoms with E-state index >= 15 is 0 Å². The van der Waals surface area contributed by atoms with Crippen LogP contribution in [0.5, 0.6) is 0 Å². The van der Waals surface area contributed by atoms with E-state index in [2.05, 4.69) is 43.3 Å². The number of aryl methyl sites for hydroxylation is 1. The van der Waals surface area contributed by atoms with Crippen molar-refractivity contribution >= 4 is 10.8 Å². The van der Waals surface area contributed by atoms with E-state index in [1.165, 1.54) is 119 Å². The van der Waals surface area contributed by atoms with Gasteiger partial charge in [-0.25, -0.2) is 0 Å². The Hall–Kier alpha value is -1.34. The molecule has 0 amide bonds. The Labute approximate surface area is 186 Å². The quantitative estimate of drug-likeness (QED) is 0.243. The van der Waals surface area contributed by atoms with E-state index in [1.807, 2.05) is 0 Å². The fraction of sp³-hybridized carbons (Fsp3) is 0.655. The minimum atomic E-state index is 0.148. The average molecular weight is 411 g/mol. The van der Waals surface area contributed by atoms with E-state index in [1.54, 1.807) is 0 Å². The van der Waals surface area contributed by atoms with E-state index in [-0.39, 0.29) is 6.61 Å². The summed E-state index contributed by atoms with van der Waals surface area (Å²) in [4.78, 5) is 0. The third-order valence-electron chi connectivity index (χ3n) is 6.60. The lowest BCUT2D eigenvalue weighted by atomic mass is 9.95. The SMILES string of the molecule is CCCCCCCCCCCCCCCCCCc1ccc2ccccc2c1CO. The molecule has 168 valence electrons. The van der Waals surface area contributed by atoms with Crippen LogP contribution in [-0.4, -0.2) is 5.11 Å². The second kappa shape index (κ2) is 16.4. The third kappa shape index (κ3) is 9.65. The largest absolute Gasteiger partial charge is 0.392 e. The molecule has 0 spiro atoms. The summed E-state index contributed by atoms with van der Waals surface area (Å²) in [6.45, 7) is 2.44. The minimum Gasteiger partial charge on any atom is -0.392 e. The summed E-state index contributed by atoms with van der Waals surface area (Å²) in [7, 11) is 0. The van der Waals surface area contributed by atoms with Crippen molar-refractivity contribution < 1.29 is 5.11 Å². The molecule has 1 nitrogen and oxygen atoms in total. The number of aliphatic hydroxyl groups excluding tert-OH is 1. The van der Waals surface area contributed by atoms with Crippen LogP contribution in [0.15, 0.2) is 36.4 Å². The standard InChI is InChI=1S/C29H46O/c1-2-3-4-5-6-7-8-9-10-11-12-13-14-15-16-17-20-27-24-23-26-21-18-19-22-28(26)29(27)25-30/h18-19,21-24,30H,2-17,20,25H2,1H3. The predicted molar refractivity (Wildman–Crippen MR) is 133 cm³/mol. The zero-order valence-corrected chi connectivity index (χ0v) is 19.6. The van der Waals surface area contributed by atoms with Gasteiger partial charge in [-0.3, -0.25) is 0 Å². The summed E-state index contributed by atoms with van der Waals surface area (Å²) in [6, 6.07) is 12.8. The second-order valence-electron chi connectivity index (χ2n) is 9.14. The first-order valence-electron chi connectivity index (χ1n) is 13.0. The van der Waals surface area contributed by atoms with Crippen molar-refractivity contribution in [1.29, 1.82) is 0 Å². The molecule has 2 aromatic carbocycles. The molecule has 2 aromatic rings. The Morgan fingerprint density at radius 3 is 1.60 bits per heavy atom. The first-order chi connectivity index (χ1) is 14.9. The Kier molecular flexibility index (Phi) is 13.6. The molecule has 1 heteroatoms. The van der Waals surface area contributed by atoms with Crippen molar-refractivity contribution in [2.75, 3.05) is 0 Å². The second-order valence-corrected chi connectivity index (χ2v) is 9.14. The lowest BCUT2D eigenvalue weighted by molar-refractivity contribution is 0.282. The molecule has 0 fully saturated rings. The Bertz CT molecular complexity index is 675. The highest BCUT2D eigenvalue weighted by Crippen LogP contribution is 2.24. The Morgan fingerprint density at radius 1 is 0.567 bits per heavy atom. The van der Waals surface area contributed by atoms with E-state index < -0.39 is 0 Å². The van der Waals surface area contributed by atoms with E-state index in [4.69, 9.17) is 0 Å². The van der Waals surface area contributed by atoms with Gasteiger partial charge in [-0.15, -0.1) is 0 Å². The van der Waals surface area contributed by atoms with Crippen LogP contribution in [0.25, 0.3) is 10.8 Å². The monoisotopic (exact) mass is 410 g/mol. The minimum absolute atomic E-state index is 0.148. The van der Waals surface area contributed by atoms with Crippen LogP contribution < -0.4 is 0 Å². The molecule has 0 saturated heterocycles. The molecular weight excluding hydrogens is 364 g/mol. The topological polar surface area (TPSA) is 20.2 Å². The first-order valence-corrected chi connectivity index (χ1v) is 13.0. The molecule has 0 aliphatic carbocycles. The molecule has 0 heterocycles. The molecule has 0 unspecified atom stereocenters. The van der Waals surface area contributed by atoms with Crippen molar-refractivity contribution in [2.24, 2.45) is 0 Å². The lowest BCUT2D eigenvalue weighted by Crippen LogP contribution is -1.96. The average Bonchev–Trinajstić information content (AvgIpc) is 2.78. The molecule has 0 saturated carbocycles. The van der Waals surface area contributed by atoms with E-state index in [9.17, 15) is 5.11 Å². The Morgan fingerprint density at radius 2 is 1.07 bits per heavy atom. The van der Waals surface area contributed by atoms with Gasteiger partial charge < -0.3 is 5.11 Å². The van der Waals surface area contributed by atoms with E-state index in [0.29, 0.717) is 0 Å². The van der Waals surface area contributed by atoms with Crippen LogP contribution in [-0.2, 0) is 13.0 Å². The van der Waals surface area contributed by atoms with Gasteiger partial charge in [0.1, 0.15) is 0 Å². The highest BCUT2D eigenvalue weighted by Gasteiger charge is 2.06. The highest BCUT2D eigenvalue weighted by atomic mass is 16.3. The van der Waals surface area contributed by atoms with Crippen LogP contribution in [0.4, 0.5) is 0 Å². The van der Waals surface area contributed by atoms with Gasteiger partial charge in [-0.2, -0.15) is 0 Å². The molecule has 1 N–H and O–H groups in total. The van der Waals surface area contributed by atoms with Crippen molar-refractivity contribution in [3.05, 3.63) is 47.5 Å². The maximum Gasteiger partial charge on any atom is 0.0690 e. The van der Waals surface area contributed by atoms with Gasteiger partial charge in [0.15, 0.2) is 0 Å². The van der Waals surface area contributed by atoms with Crippen LogP contribution in [0.3, 0.4) is 0 Å². The number of hydrogen-bond donors (Lipinski definition) is 1. The van der Waals surface area contributed by atoms with Gasteiger partial charge in [0.05, 0.1) is 6.61 Å². The number of unbranched alkanes of at least 4 members (excludes halogenated alkanes) is 15. The number of hydrogen-bond acceptors (Lipinski definition) is 1. The normalized spacial score (nSPS) is 11.4. The molecule has 0 atom stereocenters. The molecule has 0 aliphatic heterocycles. The third-order valence-corrected chi connectivity index (χ3v) is 6.60. The maximum absolute atomic E-state index is 9.85. The summed E-state index contributed by atoms with van der Waals surface area (Å²) < 4.78 is 0. The van der Waals surface area contributed by atoms with Gasteiger partial charge in [-0.1, -0.05) is 140 Å². The van der Waals surface area contributed by atoms with Gasteiger partial charge in [-0.05, 0) is 34.7 Å². The highest BCUT2D eigenvalue weighted by molar-refractivity contribution is 5.86. The molecular formula is C29H46O. The van der Waals surface area contributed by atoms with Crippen LogP contribution in [0.1, 0.15) is 121 Å². The van der Waals surface area contributed by atoms with Gasteiger partial charge in [0.25, 0.3) is 0 Å². The summed E-state index contributed by atoms with van der Waals surface area (Å²) >= 11 is 0. The van der Waals surface area contributed by atoms with Crippen molar-refractivity contribution in [3.63, 3.8) is 0 Å². The van der Waals surface area contributed by atoms with Gasteiger partial charge >= 0.3 is 0 Å². The number of aliphatic hydroxyl groups is 1. The van der Waals surface area contributed by atoms with E-state index in [0.717, 1.165) is 12.0 Å². The van der Waals surface area contributed by atoms with Crippen molar-refractivity contribution in [1.82, 2.24) is 0 Å². The summed E-state index contributed by atoms with van der Waals surface area (Å²) in [5.74, 6) is 0. The molecule has 0 aromatic heterocycles. The molecule has 0 radical (unpaired) electrons. The Balaban J connectivity index is 1.44. The number of rotatable bonds is 18. The first kappa shape index (κ1) is 24.9.